The minimum Gasteiger partial charge on any atom is -0.427 e. The topological polar surface area (TPSA) is 54.6 Å². The van der Waals surface area contributed by atoms with Gasteiger partial charge in [-0.3, -0.25) is 4.79 Å². The first-order valence-corrected chi connectivity index (χ1v) is 4.30. The van der Waals surface area contributed by atoms with Crippen LogP contribution in [0.3, 0.4) is 0 Å². The van der Waals surface area contributed by atoms with E-state index in [1.165, 1.54) is 13.1 Å². The van der Waals surface area contributed by atoms with E-state index in [0.717, 1.165) is 8.30 Å². The number of amides is 1. The summed E-state index contributed by atoms with van der Waals surface area (Å²) in [6, 6.07) is 3.33. The predicted molar refractivity (Wildman–Crippen MR) is 50.6 cm³/mol. The van der Waals surface area contributed by atoms with Gasteiger partial charge in [-0.2, -0.15) is 9.72 Å². The van der Waals surface area contributed by atoms with E-state index < -0.39 is 0 Å². The molecule has 12 heavy (non-hydrogen) atoms. The van der Waals surface area contributed by atoms with Gasteiger partial charge in [-0.15, -0.1) is 0 Å². The summed E-state index contributed by atoms with van der Waals surface area (Å²) >= 11 is 2.05. The molecule has 64 valence electrons. The third kappa shape index (κ3) is 2.33. The molecule has 0 aromatic carbocycles. The maximum atomic E-state index is 10.6. The highest BCUT2D eigenvalue weighted by molar-refractivity contribution is 14.1. The quantitative estimate of drug-likeness (QED) is 0.563. The van der Waals surface area contributed by atoms with Crippen LogP contribution in [0.25, 0.3) is 0 Å². The highest BCUT2D eigenvalue weighted by Gasteiger charge is 1.92. The molecule has 0 unspecified atom stereocenters. The van der Waals surface area contributed by atoms with Crippen LogP contribution in [-0.2, 0) is 4.79 Å². The van der Waals surface area contributed by atoms with Crippen LogP contribution in [-0.4, -0.2) is 15.8 Å². The molecule has 0 saturated carbocycles. The van der Waals surface area contributed by atoms with Crippen molar-refractivity contribution in [3.63, 3.8) is 0 Å². The van der Waals surface area contributed by atoms with E-state index in [1.54, 1.807) is 12.1 Å². The van der Waals surface area contributed by atoms with Gasteiger partial charge in [-0.05, 0) is 34.7 Å². The average molecular weight is 278 g/mol. The van der Waals surface area contributed by atoms with Crippen LogP contribution in [0.4, 0.5) is 0 Å². The van der Waals surface area contributed by atoms with Crippen LogP contribution in [0.5, 0.6) is 0 Å². The molecular formula is C7H7IN2O2. The van der Waals surface area contributed by atoms with E-state index in [-0.39, 0.29) is 11.4 Å². The number of rotatable bonds is 0. The van der Waals surface area contributed by atoms with Gasteiger partial charge in [-0.1, -0.05) is 0 Å². The molecule has 0 radical (unpaired) electrons. The fourth-order valence-electron chi connectivity index (χ4n) is 0.706. The molecule has 0 spiro atoms. The van der Waals surface area contributed by atoms with Gasteiger partial charge in [0.2, 0.25) is 5.91 Å². The molecule has 1 heterocycles. The number of carbonyl (C=O) groups is 1. The molecule has 4 nitrogen and oxygen atoms in total. The molecule has 5 heteroatoms. The fraction of sp³-hybridized carbons (Fsp3) is 0.143. The van der Waals surface area contributed by atoms with E-state index in [2.05, 4.69) is 4.99 Å². The lowest BCUT2D eigenvalue weighted by Crippen LogP contribution is -2.19. The van der Waals surface area contributed by atoms with Crippen molar-refractivity contribution < 1.29 is 10.0 Å². The highest BCUT2D eigenvalue weighted by Crippen LogP contribution is 1.97. The van der Waals surface area contributed by atoms with Gasteiger partial charge in [0, 0.05) is 10.5 Å². The molecule has 0 saturated heterocycles. The average Bonchev–Trinajstić information content (AvgIpc) is 1.94. The van der Waals surface area contributed by atoms with E-state index >= 15 is 0 Å². The lowest BCUT2D eigenvalue weighted by molar-refractivity contribution is -0.116. The molecule has 1 rings (SSSR count). The molecule has 0 aliphatic carbocycles. The van der Waals surface area contributed by atoms with E-state index in [4.69, 9.17) is 0 Å². The number of pyridine rings is 1. The maximum Gasteiger partial charge on any atom is 0.244 e. The van der Waals surface area contributed by atoms with Gasteiger partial charge in [-0.25, -0.2) is 0 Å². The van der Waals surface area contributed by atoms with Crippen LogP contribution in [0.2, 0.25) is 0 Å². The number of hydrogen-bond acceptors (Lipinski definition) is 2. The van der Waals surface area contributed by atoms with Gasteiger partial charge in [0.05, 0.1) is 6.20 Å². The Morgan fingerprint density at radius 2 is 2.33 bits per heavy atom. The summed E-state index contributed by atoms with van der Waals surface area (Å²) in [6.07, 6.45) is 1.47. The lowest BCUT2D eigenvalue weighted by atomic mass is 10.5. The fourth-order valence-corrected chi connectivity index (χ4v) is 1.15. The van der Waals surface area contributed by atoms with Crippen molar-refractivity contribution in [1.29, 1.82) is 0 Å². The summed E-state index contributed by atoms with van der Waals surface area (Å²) in [5.74, 6) is -0.334. The first-order valence-electron chi connectivity index (χ1n) is 3.22. The Labute approximate surface area is 82.7 Å². The molecule has 0 aliphatic heterocycles. The summed E-state index contributed by atoms with van der Waals surface area (Å²) < 4.78 is 1.70. The Balaban J connectivity index is 3.27. The molecule has 0 fully saturated rings. The monoisotopic (exact) mass is 278 g/mol. The zero-order chi connectivity index (χ0) is 9.14. The van der Waals surface area contributed by atoms with Crippen molar-refractivity contribution >= 4 is 28.5 Å². The first-order chi connectivity index (χ1) is 5.59. The summed E-state index contributed by atoms with van der Waals surface area (Å²) in [5.41, 5.74) is 0.239. The molecule has 0 bridgehead atoms. The summed E-state index contributed by atoms with van der Waals surface area (Å²) in [5, 5.41) is 9.21. The van der Waals surface area contributed by atoms with Crippen LogP contribution in [0, 0.1) is 3.57 Å². The van der Waals surface area contributed by atoms with Crippen molar-refractivity contribution in [3.05, 3.63) is 27.4 Å². The van der Waals surface area contributed by atoms with Crippen molar-refractivity contribution in [1.82, 2.24) is 4.73 Å². The molecule has 1 N–H and O–H groups in total. The Bertz CT molecular complexity index is 370. The lowest BCUT2D eigenvalue weighted by Gasteiger charge is -1.97. The molecule has 1 amide bonds. The molecule has 1 aromatic rings. The Morgan fingerprint density at radius 1 is 1.67 bits per heavy atom. The van der Waals surface area contributed by atoms with Crippen LogP contribution in [0.1, 0.15) is 6.92 Å². The molecule has 0 aliphatic rings. The number of halogens is 1. The summed E-state index contributed by atoms with van der Waals surface area (Å²) in [4.78, 5) is 14.1. The van der Waals surface area contributed by atoms with Gasteiger partial charge >= 0.3 is 0 Å². The zero-order valence-corrected chi connectivity index (χ0v) is 8.52. The highest BCUT2D eigenvalue weighted by atomic mass is 127. The third-order valence-electron chi connectivity index (χ3n) is 1.14. The van der Waals surface area contributed by atoms with Crippen molar-refractivity contribution in [3.8, 4) is 0 Å². The Kier molecular flexibility index (Phi) is 2.85. The normalized spacial score (nSPS) is 11.7. The van der Waals surface area contributed by atoms with Crippen molar-refractivity contribution in [2.45, 2.75) is 6.92 Å². The number of nitrogens with zero attached hydrogens (tertiary/aromatic N) is 2. The Hall–Kier alpha value is -0.850. The van der Waals surface area contributed by atoms with E-state index in [1.807, 2.05) is 22.6 Å². The summed E-state index contributed by atoms with van der Waals surface area (Å²) in [7, 11) is 0. The van der Waals surface area contributed by atoms with Gasteiger partial charge in [0.25, 0.3) is 0 Å². The zero-order valence-electron chi connectivity index (χ0n) is 6.36. The number of carbonyl (C=O) groups excluding carboxylic acids is 1. The minimum absolute atomic E-state index is 0.239. The smallest absolute Gasteiger partial charge is 0.244 e. The maximum absolute atomic E-state index is 10.6. The number of aromatic nitrogens is 1. The second kappa shape index (κ2) is 3.70. The summed E-state index contributed by atoms with van der Waals surface area (Å²) in [6.45, 7) is 1.33. The largest absolute Gasteiger partial charge is 0.427 e. The van der Waals surface area contributed by atoms with E-state index in [9.17, 15) is 10.0 Å². The second-order valence-corrected chi connectivity index (χ2v) is 3.43. The standard InChI is InChI=1S/C7H7IN2O2/c1-5(11)9-7-3-2-6(8)4-10(7)12/h2-4,12H,1H3. The second-order valence-electron chi connectivity index (χ2n) is 2.18. The molecule has 1 aromatic heterocycles. The molecular weight excluding hydrogens is 271 g/mol. The SMILES string of the molecule is CC(=O)N=c1ccc(I)cn1O. The van der Waals surface area contributed by atoms with Crippen molar-refractivity contribution in [2.75, 3.05) is 0 Å². The molecule has 0 atom stereocenters. The van der Waals surface area contributed by atoms with Crippen molar-refractivity contribution in [2.24, 2.45) is 4.99 Å². The van der Waals surface area contributed by atoms with Crippen LogP contribution >= 0.6 is 22.6 Å². The van der Waals surface area contributed by atoms with Gasteiger partial charge < -0.3 is 5.21 Å². The predicted octanol–water partition coefficient (Wildman–Crippen LogP) is 0.777. The first kappa shape index (κ1) is 9.24. The van der Waals surface area contributed by atoms with Crippen LogP contribution in [0.15, 0.2) is 23.3 Å². The Morgan fingerprint density at radius 3 is 2.83 bits per heavy atom. The van der Waals surface area contributed by atoms with Gasteiger partial charge in [0.1, 0.15) is 0 Å². The van der Waals surface area contributed by atoms with Crippen LogP contribution < -0.4 is 5.49 Å². The minimum atomic E-state index is -0.334. The number of hydrogen-bond donors (Lipinski definition) is 1. The van der Waals surface area contributed by atoms with E-state index in [0.29, 0.717) is 0 Å². The van der Waals surface area contributed by atoms with Gasteiger partial charge in [0.15, 0.2) is 5.49 Å². The third-order valence-corrected chi connectivity index (χ3v) is 1.78.